The van der Waals surface area contributed by atoms with E-state index in [4.69, 9.17) is 15.2 Å². The zero-order chi connectivity index (χ0) is 13.7. The molecule has 2 aromatic rings. The summed E-state index contributed by atoms with van der Waals surface area (Å²) < 4.78 is 10.8. The highest BCUT2D eigenvalue weighted by Crippen LogP contribution is 2.27. The van der Waals surface area contributed by atoms with Crippen molar-refractivity contribution in [3.63, 3.8) is 0 Å². The molecule has 0 atom stereocenters. The number of rotatable bonds is 5. The highest BCUT2D eigenvalue weighted by atomic mass is 16.5. The number of methoxy groups -OCH3 is 1. The average molecular weight is 256 g/mol. The Bertz CT molecular complexity index is 582. The Morgan fingerprint density at radius 1 is 1.26 bits per heavy atom. The number of aromatic nitrogens is 1. The summed E-state index contributed by atoms with van der Waals surface area (Å²) in [6.45, 7) is 3.73. The fourth-order valence-corrected chi connectivity index (χ4v) is 1.69. The minimum atomic E-state index is 0.481. The quantitative estimate of drug-likeness (QED) is 0.659. The molecule has 0 aliphatic rings. The Labute approximate surface area is 112 Å². The van der Waals surface area contributed by atoms with Crippen LogP contribution in [0.3, 0.4) is 0 Å². The standard InChI is InChI=1S/C15H16N2O2/c1-3-5-11-10-12(16)8-9-13(11)19-15-7-4-6-14(17-15)18-2/h3-4,6-10H,1,5,16H2,2H3. The van der Waals surface area contributed by atoms with Gasteiger partial charge in [-0.05, 0) is 24.6 Å². The van der Waals surface area contributed by atoms with Crippen LogP contribution in [0, 0.1) is 0 Å². The number of allylic oxidation sites excluding steroid dienone is 1. The van der Waals surface area contributed by atoms with Gasteiger partial charge in [0.25, 0.3) is 0 Å². The number of pyridine rings is 1. The molecule has 0 saturated carbocycles. The Kier molecular flexibility index (Phi) is 4.03. The minimum Gasteiger partial charge on any atom is -0.481 e. The van der Waals surface area contributed by atoms with E-state index in [-0.39, 0.29) is 0 Å². The molecule has 0 unspecified atom stereocenters. The molecule has 2 N–H and O–H groups in total. The van der Waals surface area contributed by atoms with E-state index >= 15 is 0 Å². The monoisotopic (exact) mass is 256 g/mol. The van der Waals surface area contributed by atoms with E-state index in [9.17, 15) is 0 Å². The third-order valence-corrected chi connectivity index (χ3v) is 2.57. The van der Waals surface area contributed by atoms with E-state index in [1.54, 1.807) is 31.4 Å². The van der Waals surface area contributed by atoms with Crippen molar-refractivity contribution < 1.29 is 9.47 Å². The Morgan fingerprint density at radius 3 is 2.79 bits per heavy atom. The smallest absolute Gasteiger partial charge is 0.222 e. The van der Waals surface area contributed by atoms with Crippen molar-refractivity contribution in [3.05, 3.63) is 54.6 Å². The van der Waals surface area contributed by atoms with E-state index < -0.39 is 0 Å². The van der Waals surface area contributed by atoms with Gasteiger partial charge in [-0.1, -0.05) is 12.1 Å². The van der Waals surface area contributed by atoms with Gasteiger partial charge in [-0.2, -0.15) is 4.98 Å². The van der Waals surface area contributed by atoms with Gasteiger partial charge in [-0.3, -0.25) is 0 Å². The molecule has 1 aromatic carbocycles. The molecule has 0 saturated heterocycles. The number of nitrogens with zero attached hydrogens (tertiary/aromatic N) is 1. The summed E-state index contributed by atoms with van der Waals surface area (Å²) in [4.78, 5) is 4.21. The Balaban J connectivity index is 2.28. The minimum absolute atomic E-state index is 0.481. The largest absolute Gasteiger partial charge is 0.481 e. The van der Waals surface area contributed by atoms with Gasteiger partial charge in [-0.25, -0.2) is 0 Å². The van der Waals surface area contributed by atoms with Crippen LogP contribution in [-0.4, -0.2) is 12.1 Å². The predicted molar refractivity (Wildman–Crippen MR) is 75.6 cm³/mol. The maximum Gasteiger partial charge on any atom is 0.222 e. The van der Waals surface area contributed by atoms with E-state index in [2.05, 4.69) is 11.6 Å². The number of hydrogen-bond acceptors (Lipinski definition) is 4. The van der Waals surface area contributed by atoms with Crippen LogP contribution in [0.15, 0.2) is 49.1 Å². The lowest BCUT2D eigenvalue weighted by Crippen LogP contribution is -1.96. The van der Waals surface area contributed by atoms with Gasteiger partial charge in [-0.15, -0.1) is 6.58 Å². The summed E-state index contributed by atoms with van der Waals surface area (Å²) in [5.74, 6) is 1.71. The Morgan fingerprint density at radius 2 is 2.05 bits per heavy atom. The van der Waals surface area contributed by atoms with Crippen molar-refractivity contribution in [2.45, 2.75) is 6.42 Å². The van der Waals surface area contributed by atoms with Crippen LogP contribution in [0.5, 0.6) is 17.5 Å². The summed E-state index contributed by atoms with van der Waals surface area (Å²) in [6.07, 6.45) is 2.49. The number of nitrogen functional groups attached to an aromatic ring is 1. The third-order valence-electron chi connectivity index (χ3n) is 2.57. The fourth-order valence-electron chi connectivity index (χ4n) is 1.69. The predicted octanol–water partition coefficient (Wildman–Crippen LogP) is 3.19. The number of anilines is 1. The summed E-state index contributed by atoms with van der Waals surface area (Å²) >= 11 is 0. The van der Waals surface area contributed by atoms with E-state index in [1.165, 1.54) is 0 Å². The molecule has 4 heteroatoms. The molecule has 2 rings (SSSR count). The zero-order valence-electron chi connectivity index (χ0n) is 10.8. The first-order valence-electron chi connectivity index (χ1n) is 5.91. The lowest BCUT2D eigenvalue weighted by molar-refractivity contribution is 0.383. The van der Waals surface area contributed by atoms with E-state index in [1.807, 2.05) is 18.2 Å². The van der Waals surface area contributed by atoms with Crippen molar-refractivity contribution in [1.82, 2.24) is 4.98 Å². The first-order valence-corrected chi connectivity index (χ1v) is 5.91. The number of benzene rings is 1. The topological polar surface area (TPSA) is 57.4 Å². The lowest BCUT2D eigenvalue weighted by atomic mass is 10.1. The SMILES string of the molecule is C=CCc1cc(N)ccc1Oc1cccc(OC)n1. The van der Waals surface area contributed by atoms with Crippen LogP contribution in [0.4, 0.5) is 5.69 Å². The molecule has 19 heavy (non-hydrogen) atoms. The average Bonchev–Trinajstić information content (AvgIpc) is 2.42. The molecule has 0 aliphatic heterocycles. The summed E-state index contributed by atoms with van der Waals surface area (Å²) in [7, 11) is 1.57. The third kappa shape index (κ3) is 3.25. The number of nitrogens with two attached hydrogens (primary N) is 1. The van der Waals surface area contributed by atoms with E-state index in [0.29, 0.717) is 23.9 Å². The van der Waals surface area contributed by atoms with Gasteiger partial charge in [0.15, 0.2) is 0 Å². The molecule has 1 aromatic heterocycles. The molecule has 0 spiro atoms. The van der Waals surface area contributed by atoms with Gasteiger partial charge in [0.1, 0.15) is 5.75 Å². The lowest BCUT2D eigenvalue weighted by Gasteiger charge is -2.10. The molecule has 0 aliphatic carbocycles. The molecule has 1 heterocycles. The van der Waals surface area contributed by atoms with Gasteiger partial charge in [0.2, 0.25) is 11.8 Å². The van der Waals surface area contributed by atoms with Crippen molar-refractivity contribution in [2.24, 2.45) is 0 Å². The second-order valence-electron chi connectivity index (χ2n) is 3.98. The van der Waals surface area contributed by atoms with Crippen molar-refractivity contribution in [2.75, 3.05) is 12.8 Å². The van der Waals surface area contributed by atoms with Crippen molar-refractivity contribution in [1.29, 1.82) is 0 Å². The van der Waals surface area contributed by atoms with Gasteiger partial charge >= 0.3 is 0 Å². The zero-order valence-corrected chi connectivity index (χ0v) is 10.8. The number of hydrogen-bond donors (Lipinski definition) is 1. The molecular weight excluding hydrogens is 240 g/mol. The first kappa shape index (κ1) is 13.0. The van der Waals surface area contributed by atoms with Gasteiger partial charge in [0.05, 0.1) is 7.11 Å². The maximum atomic E-state index is 5.77. The maximum absolute atomic E-state index is 5.77. The molecule has 0 amide bonds. The van der Waals surface area contributed by atoms with E-state index in [0.717, 1.165) is 11.3 Å². The molecular formula is C15H16N2O2. The van der Waals surface area contributed by atoms with Crippen molar-refractivity contribution in [3.8, 4) is 17.5 Å². The van der Waals surface area contributed by atoms with Gasteiger partial charge < -0.3 is 15.2 Å². The second-order valence-corrected chi connectivity index (χ2v) is 3.98. The van der Waals surface area contributed by atoms with Crippen LogP contribution >= 0.6 is 0 Å². The molecule has 0 radical (unpaired) electrons. The second kappa shape index (κ2) is 5.91. The fraction of sp³-hybridized carbons (Fsp3) is 0.133. The highest BCUT2D eigenvalue weighted by molar-refractivity contribution is 5.49. The van der Waals surface area contributed by atoms with Crippen LogP contribution < -0.4 is 15.2 Å². The molecule has 98 valence electrons. The normalized spacial score (nSPS) is 9.95. The van der Waals surface area contributed by atoms with Crippen LogP contribution in [0.1, 0.15) is 5.56 Å². The van der Waals surface area contributed by atoms with Gasteiger partial charge in [0, 0.05) is 23.4 Å². The molecule has 0 bridgehead atoms. The van der Waals surface area contributed by atoms with Crippen LogP contribution in [-0.2, 0) is 6.42 Å². The van der Waals surface area contributed by atoms with Crippen molar-refractivity contribution >= 4 is 5.69 Å². The Hall–Kier alpha value is -2.49. The number of ether oxygens (including phenoxy) is 2. The summed E-state index contributed by atoms with van der Waals surface area (Å²) in [6, 6.07) is 10.9. The summed E-state index contributed by atoms with van der Waals surface area (Å²) in [5, 5.41) is 0. The molecule has 0 fully saturated rings. The first-order chi connectivity index (χ1) is 9.22. The summed E-state index contributed by atoms with van der Waals surface area (Å²) in [5.41, 5.74) is 7.44. The molecule has 4 nitrogen and oxygen atoms in total. The van der Waals surface area contributed by atoms with Crippen LogP contribution in [0.25, 0.3) is 0 Å². The highest BCUT2D eigenvalue weighted by Gasteiger charge is 2.06. The van der Waals surface area contributed by atoms with Crippen LogP contribution in [0.2, 0.25) is 0 Å².